The Morgan fingerprint density at radius 3 is 2.71 bits per heavy atom. The van der Waals surface area contributed by atoms with Gasteiger partial charge in [0, 0.05) is 12.6 Å². The molecule has 0 radical (unpaired) electrons. The van der Waals surface area contributed by atoms with E-state index in [1.165, 1.54) is 7.11 Å². The van der Waals surface area contributed by atoms with Crippen molar-refractivity contribution in [2.45, 2.75) is 13.0 Å². The highest BCUT2D eigenvalue weighted by molar-refractivity contribution is 5.37. The number of rotatable bonds is 3. The SMILES string of the molecule is COc1c(C(F)F)cc(=O)[nH]c1CN. The molecule has 0 atom stereocenters. The van der Waals surface area contributed by atoms with Gasteiger partial charge in [0.25, 0.3) is 6.43 Å². The zero-order chi connectivity index (χ0) is 10.7. The maximum Gasteiger partial charge on any atom is 0.267 e. The fourth-order valence-corrected chi connectivity index (χ4v) is 1.17. The van der Waals surface area contributed by atoms with Gasteiger partial charge in [0.05, 0.1) is 18.4 Å². The van der Waals surface area contributed by atoms with Gasteiger partial charge in [-0.1, -0.05) is 0 Å². The fraction of sp³-hybridized carbons (Fsp3) is 0.375. The van der Waals surface area contributed by atoms with Crippen LogP contribution >= 0.6 is 0 Å². The van der Waals surface area contributed by atoms with Crippen LogP contribution in [-0.2, 0) is 6.54 Å². The molecule has 0 fully saturated rings. The molecule has 0 bridgehead atoms. The average Bonchev–Trinajstić information content (AvgIpc) is 2.16. The van der Waals surface area contributed by atoms with Crippen molar-refractivity contribution in [3.63, 3.8) is 0 Å². The minimum Gasteiger partial charge on any atom is -0.494 e. The van der Waals surface area contributed by atoms with Gasteiger partial charge in [-0.25, -0.2) is 8.78 Å². The van der Waals surface area contributed by atoms with Gasteiger partial charge in [-0.2, -0.15) is 0 Å². The number of pyridine rings is 1. The molecule has 14 heavy (non-hydrogen) atoms. The lowest BCUT2D eigenvalue weighted by Gasteiger charge is -2.10. The lowest BCUT2D eigenvalue weighted by atomic mass is 10.2. The van der Waals surface area contributed by atoms with E-state index in [-0.39, 0.29) is 18.0 Å². The highest BCUT2D eigenvalue weighted by Crippen LogP contribution is 2.29. The summed E-state index contributed by atoms with van der Waals surface area (Å²) in [5, 5.41) is 0. The predicted molar refractivity (Wildman–Crippen MR) is 46.5 cm³/mol. The zero-order valence-corrected chi connectivity index (χ0v) is 7.51. The third kappa shape index (κ3) is 1.90. The summed E-state index contributed by atoms with van der Waals surface area (Å²) in [7, 11) is 1.25. The van der Waals surface area contributed by atoms with E-state index in [9.17, 15) is 13.6 Å². The third-order valence-corrected chi connectivity index (χ3v) is 1.74. The number of nitrogens with two attached hydrogens (primary N) is 1. The molecule has 1 heterocycles. The third-order valence-electron chi connectivity index (χ3n) is 1.74. The summed E-state index contributed by atoms with van der Waals surface area (Å²) in [4.78, 5) is 13.3. The van der Waals surface area contributed by atoms with E-state index in [4.69, 9.17) is 10.5 Å². The second-order valence-corrected chi connectivity index (χ2v) is 2.61. The Morgan fingerprint density at radius 2 is 2.29 bits per heavy atom. The molecule has 78 valence electrons. The van der Waals surface area contributed by atoms with Crippen LogP contribution in [0.1, 0.15) is 17.7 Å². The largest absolute Gasteiger partial charge is 0.494 e. The Morgan fingerprint density at radius 1 is 1.64 bits per heavy atom. The number of methoxy groups -OCH3 is 1. The molecule has 0 aromatic carbocycles. The van der Waals surface area contributed by atoms with Gasteiger partial charge in [0.15, 0.2) is 0 Å². The average molecular weight is 204 g/mol. The number of ether oxygens (including phenoxy) is 1. The van der Waals surface area contributed by atoms with E-state index in [0.29, 0.717) is 0 Å². The van der Waals surface area contributed by atoms with Crippen molar-refractivity contribution >= 4 is 0 Å². The Labute approximate surface area is 78.7 Å². The minimum absolute atomic E-state index is 0.0536. The number of alkyl halides is 2. The van der Waals surface area contributed by atoms with Gasteiger partial charge in [-0.3, -0.25) is 4.79 Å². The maximum absolute atomic E-state index is 12.4. The standard InChI is InChI=1S/C8H10F2N2O2/c1-14-7-4(8(9)10)2-6(13)12-5(7)3-11/h2,8H,3,11H2,1H3,(H,12,13). The molecule has 0 amide bonds. The van der Waals surface area contributed by atoms with Crippen molar-refractivity contribution in [2.75, 3.05) is 7.11 Å². The number of H-pyrrole nitrogens is 1. The topological polar surface area (TPSA) is 68.1 Å². The predicted octanol–water partition coefficient (Wildman–Crippen LogP) is 0.780. The molecule has 1 rings (SSSR count). The summed E-state index contributed by atoms with van der Waals surface area (Å²) in [5.74, 6) is -0.0536. The van der Waals surface area contributed by atoms with E-state index in [1.54, 1.807) is 0 Å². The number of aromatic nitrogens is 1. The van der Waals surface area contributed by atoms with Crippen molar-refractivity contribution in [3.05, 3.63) is 27.7 Å². The number of hydrogen-bond acceptors (Lipinski definition) is 3. The molecule has 0 saturated carbocycles. The molecule has 1 aromatic heterocycles. The normalized spacial score (nSPS) is 10.6. The van der Waals surface area contributed by atoms with E-state index in [0.717, 1.165) is 6.07 Å². The van der Waals surface area contributed by atoms with Crippen LogP contribution in [0.3, 0.4) is 0 Å². The minimum atomic E-state index is -2.75. The van der Waals surface area contributed by atoms with Crippen LogP contribution in [0, 0.1) is 0 Å². The summed E-state index contributed by atoms with van der Waals surface area (Å²) < 4.78 is 29.6. The first-order valence-corrected chi connectivity index (χ1v) is 3.88. The van der Waals surface area contributed by atoms with Crippen molar-refractivity contribution in [1.82, 2.24) is 4.98 Å². The fourth-order valence-electron chi connectivity index (χ4n) is 1.17. The number of nitrogens with one attached hydrogen (secondary N) is 1. The molecular weight excluding hydrogens is 194 g/mol. The van der Waals surface area contributed by atoms with Crippen molar-refractivity contribution in [3.8, 4) is 5.75 Å². The second-order valence-electron chi connectivity index (χ2n) is 2.61. The van der Waals surface area contributed by atoms with Crippen molar-refractivity contribution in [2.24, 2.45) is 5.73 Å². The van der Waals surface area contributed by atoms with Gasteiger partial charge < -0.3 is 15.5 Å². The van der Waals surface area contributed by atoms with Crippen LogP contribution in [0.25, 0.3) is 0 Å². The van der Waals surface area contributed by atoms with Gasteiger partial charge in [-0.05, 0) is 0 Å². The van der Waals surface area contributed by atoms with E-state index < -0.39 is 17.5 Å². The lowest BCUT2D eigenvalue weighted by Crippen LogP contribution is -2.15. The molecule has 1 aromatic rings. The number of hydrogen-bond donors (Lipinski definition) is 2. The Bertz CT molecular complexity index is 376. The molecule has 3 N–H and O–H groups in total. The summed E-state index contributed by atoms with van der Waals surface area (Å²) in [6.45, 7) is -0.0566. The monoisotopic (exact) mass is 204 g/mol. The Kier molecular flexibility index (Phi) is 3.19. The molecule has 4 nitrogen and oxygen atoms in total. The quantitative estimate of drug-likeness (QED) is 0.764. The van der Waals surface area contributed by atoms with E-state index in [2.05, 4.69) is 4.98 Å². The van der Waals surface area contributed by atoms with Crippen LogP contribution in [-0.4, -0.2) is 12.1 Å². The first-order valence-electron chi connectivity index (χ1n) is 3.88. The van der Waals surface area contributed by atoms with Gasteiger partial charge in [0.2, 0.25) is 5.56 Å². The first kappa shape index (κ1) is 10.6. The maximum atomic E-state index is 12.4. The van der Waals surface area contributed by atoms with Crippen LogP contribution in [0.5, 0.6) is 5.75 Å². The van der Waals surface area contributed by atoms with Gasteiger partial charge in [0.1, 0.15) is 5.75 Å². The van der Waals surface area contributed by atoms with Gasteiger partial charge >= 0.3 is 0 Å². The van der Waals surface area contributed by atoms with Gasteiger partial charge in [-0.15, -0.1) is 0 Å². The van der Waals surface area contributed by atoms with Crippen LogP contribution < -0.4 is 16.0 Å². The highest BCUT2D eigenvalue weighted by Gasteiger charge is 2.17. The first-order chi connectivity index (χ1) is 6.60. The molecule has 0 aliphatic heterocycles. The highest BCUT2D eigenvalue weighted by atomic mass is 19.3. The summed E-state index contributed by atoms with van der Waals surface area (Å²) in [6, 6.07) is 0.808. The van der Waals surface area contributed by atoms with Crippen LogP contribution in [0.15, 0.2) is 10.9 Å². The van der Waals surface area contributed by atoms with E-state index >= 15 is 0 Å². The lowest BCUT2D eigenvalue weighted by molar-refractivity contribution is 0.146. The summed E-state index contributed by atoms with van der Waals surface area (Å²) in [5.41, 5.74) is 4.40. The Balaban J connectivity index is 3.39. The summed E-state index contributed by atoms with van der Waals surface area (Å²) in [6.07, 6.45) is -2.75. The smallest absolute Gasteiger partial charge is 0.267 e. The molecule has 6 heteroatoms. The molecule has 0 spiro atoms. The van der Waals surface area contributed by atoms with Crippen molar-refractivity contribution in [1.29, 1.82) is 0 Å². The molecule has 0 saturated heterocycles. The molecular formula is C8H10F2N2O2. The Hall–Kier alpha value is -1.43. The zero-order valence-electron chi connectivity index (χ0n) is 7.51. The molecule has 0 aliphatic carbocycles. The van der Waals surface area contributed by atoms with Crippen LogP contribution in [0.4, 0.5) is 8.78 Å². The summed E-state index contributed by atoms with van der Waals surface area (Å²) >= 11 is 0. The molecule has 0 unspecified atom stereocenters. The second kappa shape index (κ2) is 4.19. The number of halogens is 2. The van der Waals surface area contributed by atoms with Crippen molar-refractivity contribution < 1.29 is 13.5 Å². The number of aromatic amines is 1. The molecule has 0 aliphatic rings. The van der Waals surface area contributed by atoms with E-state index in [1.807, 2.05) is 0 Å². The van der Waals surface area contributed by atoms with Crippen LogP contribution in [0.2, 0.25) is 0 Å².